The highest BCUT2D eigenvalue weighted by molar-refractivity contribution is 6.30. The predicted octanol–water partition coefficient (Wildman–Crippen LogP) is 4.23. The van der Waals surface area contributed by atoms with Crippen LogP contribution >= 0.6 is 11.6 Å². The summed E-state index contributed by atoms with van der Waals surface area (Å²) >= 11 is 6.64. The minimum Gasteiger partial charge on any atom is -0.310 e. The quantitative estimate of drug-likeness (QED) is 0.857. The lowest BCUT2D eigenvalue weighted by Crippen LogP contribution is -2.61. The van der Waals surface area contributed by atoms with Crippen molar-refractivity contribution in [2.75, 3.05) is 0 Å². The van der Waals surface area contributed by atoms with Gasteiger partial charge < -0.3 is 10.6 Å². The third kappa shape index (κ3) is 4.25. The van der Waals surface area contributed by atoms with Crippen LogP contribution in [0, 0.1) is 6.92 Å². The Bertz CT molecular complexity index is 718. The fraction of sp³-hybridized carbons (Fsp3) is 0.550. The Morgan fingerprint density at radius 2 is 1.76 bits per heavy atom. The van der Waals surface area contributed by atoms with Crippen LogP contribution in [0.1, 0.15) is 51.8 Å². The fourth-order valence-electron chi connectivity index (χ4n) is 4.19. The maximum Gasteiger partial charge on any atom is 0.137 e. The maximum absolute atomic E-state index is 6.64. The molecule has 1 saturated heterocycles. The van der Waals surface area contributed by atoms with Gasteiger partial charge in [0.25, 0.3) is 0 Å². The molecule has 25 heavy (non-hydrogen) atoms. The van der Waals surface area contributed by atoms with E-state index in [4.69, 9.17) is 11.6 Å². The number of hydrogen-bond donors (Lipinski definition) is 2. The second-order valence-corrected chi connectivity index (χ2v) is 8.84. The number of piperidine rings is 1. The lowest BCUT2D eigenvalue weighted by molar-refractivity contribution is 0.145. The van der Waals surface area contributed by atoms with E-state index in [2.05, 4.69) is 43.4 Å². The van der Waals surface area contributed by atoms with Crippen molar-refractivity contribution in [2.24, 2.45) is 0 Å². The summed E-state index contributed by atoms with van der Waals surface area (Å²) in [6, 6.07) is 10.5. The van der Waals surface area contributed by atoms with E-state index >= 15 is 0 Å². The topological polar surface area (TPSA) is 41.9 Å². The van der Waals surface area contributed by atoms with Crippen LogP contribution in [-0.2, 0) is 6.54 Å². The van der Waals surface area contributed by atoms with Crippen molar-refractivity contribution >= 4 is 11.6 Å². The van der Waals surface area contributed by atoms with Crippen molar-refractivity contribution < 1.29 is 0 Å². The Morgan fingerprint density at radius 1 is 1.16 bits per heavy atom. The van der Waals surface area contributed by atoms with Gasteiger partial charge in [0.15, 0.2) is 0 Å². The van der Waals surface area contributed by atoms with Crippen LogP contribution in [0.2, 0.25) is 5.15 Å². The van der Waals surface area contributed by atoms with Gasteiger partial charge >= 0.3 is 0 Å². The first kappa shape index (κ1) is 18.4. The van der Waals surface area contributed by atoms with Crippen LogP contribution in [0.25, 0.3) is 5.69 Å². The number of aromatic nitrogens is 2. The molecule has 3 rings (SSSR count). The molecule has 0 unspecified atom stereocenters. The van der Waals surface area contributed by atoms with Crippen LogP contribution < -0.4 is 10.6 Å². The van der Waals surface area contributed by atoms with E-state index < -0.39 is 0 Å². The number of aryl methyl sites for hydroxylation is 1. The second-order valence-electron chi connectivity index (χ2n) is 8.48. The zero-order chi connectivity index (χ0) is 18.2. The average Bonchev–Trinajstić information content (AvgIpc) is 2.78. The van der Waals surface area contributed by atoms with Crippen LogP contribution in [0.4, 0.5) is 0 Å². The summed E-state index contributed by atoms with van der Waals surface area (Å²) in [7, 11) is 0. The largest absolute Gasteiger partial charge is 0.310 e. The highest BCUT2D eigenvalue weighted by atomic mass is 35.5. The Labute approximate surface area is 156 Å². The van der Waals surface area contributed by atoms with E-state index in [1.807, 2.05) is 41.9 Å². The molecule has 2 heterocycles. The minimum atomic E-state index is 0.131. The summed E-state index contributed by atoms with van der Waals surface area (Å²) in [6.45, 7) is 11.9. The van der Waals surface area contributed by atoms with Crippen LogP contribution in [0.15, 0.2) is 30.3 Å². The first-order valence-electron chi connectivity index (χ1n) is 8.99. The Morgan fingerprint density at radius 3 is 2.36 bits per heavy atom. The summed E-state index contributed by atoms with van der Waals surface area (Å²) in [5, 5.41) is 12.8. The van der Waals surface area contributed by atoms with Crippen molar-refractivity contribution in [1.82, 2.24) is 20.4 Å². The molecular formula is C20H29ClN4. The Balaban J connectivity index is 1.75. The van der Waals surface area contributed by atoms with E-state index in [0.717, 1.165) is 36.3 Å². The number of halogens is 1. The molecule has 0 spiro atoms. The molecule has 136 valence electrons. The first-order valence-corrected chi connectivity index (χ1v) is 9.37. The van der Waals surface area contributed by atoms with Gasteiger partial charge in [-0.3, -0.25) is 0 Å². The number of para-hydroxylation sites is 1. The molecule has 1 fully saturated rings. The molecule has 2 N–H and O–H groups in total. The molecular weight excluding hydrogens is 332 g/mol. The lowest BCUT2D eigenvalue weighted by atomic mass is 9.79. The third-order valence-corrected chi connectivity index (χ3v) is 5.27. The molecule has 0 saturated carbocycles. The normalized spacial score (nSPS) is 19.9. The number of hydrogen-bond acceptors (Lipinski definition) is 3. The molecule has 1 aliphatic rings. The fourth-order valence-corrected chi connectivity index (χ4v) is 4.52. The van der Waals surface area contributed by atoms with Gasteiger partial charge in [0.2, 0.25) is 0 Å². The Kier molecular flexibility index (Phi) is 4.97. The molecule has 0 atom stereocenters. The lowest BCUT2D eigenvalue weighted by Gasteiger charge is -2.46. The highest BCUT2D eigenvalue weighted by Gasteiger charge is 2.37. The van der Waals surface area contributed by atoms with E-state index in [0.29, 0.717) is 11.2 Å². The van der Waals surface area contributed by atoms with E-state index in [1.54, 1.807) is 0 Å². The van der Waals surface area contributed by atoms with Crippen molar-refractivity contribution in [3.05, 3.63) is 46.7 Å². The average molecular weight is 361 g/mol. The van der Waals surface area contributed by atoms with Gasteiger partial charge in [-0.25, -0.2) is 4.68 Å². The van der Waals surface area contributed by atoms with Crippen molar-refractivity contribution in [2.45, 2.75) is 71.1 Å². The molecule has 1 aromatic heterocycles. The van der Waals surface area contributed by atoms with Gasteiger partial charge in [-0.2, -0.15) is 5.10 Å². The predicted molar refractivity (Wildman–Crippen MR) is 104 cm³/mol. The van der Waals surface area contributed by atoms with Crippen molar-refractivity contribution in [1.29, 1.82) is 0 Å². The molecule has 1 aromatic carbocycles. The molecule has 0 radical (unpaired) electrons. The number of nitrogens with zero attached hydrogens (tertiary/aromatic N) is 2. The van der Waals surface area contributed by atoms with E-state index in [9.17, 15) is 0 Å². The van der Waals surface area contributed by atoms with Gasteiger partial charge in [0.1, 0.15) is 5.15 Å². The van der Waals surface area contributed by atoms with Crippen LogP contribution in [-0.4, -0.2) is 26.9 Å². The van der Waals surface area contributed by atoms with Gasteiger partial charge in [0.05, 0.1) is 11.4 Å². The van der Waals surface area contributed by atoms with Gasteiger partial charge in [-0.15, -0.1) is 0 Å². The summed E-state index contributed by atoms with van der Waals surface area (Å²) < 4.78 is 1.82. The second kappa shape index (κ2) is 6.75. The molecule has 1 aliphatic heterocycles. The third-order valence-electron chi connectivity index (χ3n) is 4.88. The van der Waals surface area contributed by atoms with Gasteiger partial charge in [-0.05, 0) is 59.6 Å². The smallest absolute Gasteiger partial charge is 0.137 e. The number of nitrogens with one attached hydrogen (secondary N) is 2. The van der Waals surface area contributed by atoms with Crippen molar-refractivity contribution in [3.8, 4) is 5.69 Å². The summed E-state index contributed by atoms with van der Waals surface area (Å²) in [4.78, 5) is 0. The molecule has 0 bridgehead atoms. The minimum absolute atomic E-state index is 0.131. The van der Waals surface area contributed by atoms with Crippen molar-refractivity contribution in [3.63, 3.8) is 0 Å². The molecule has 0 aliphatic carbocycles. The molecule has 0 amide bonds. The number of benzene rings is 1. The monoisotopic (exact) mass is 360 g/mol. The SMILES string of the molecule is Cc1nn(-c2ccccc2)c(Cl)c1CNC1CC(C)(C)NC(C)(C)C1. The van der Waals surface area contributed by atoms with Gasteiger partial charge in [0, 0.05) is 29.2 Å². The van der Waals surface area contributed by atoms with Crippen LogP contribution in [0.3, 0.4) is 0 Å². The van der Waals surface area contributed by atoms with Crippen LogP contribution in [0.5, 0.6) is 0 Å². The maximum atomic E-state index is 6.64. The summed E-state index contributed by atoms with van der Waals surface area (Å²) in [5.41, 5.74) is 3.32. The molecule has 5 heteroatoms. The standard InChI is InChI=1S/C20H29ClN4/c1-14-17(18(21)25(23-14)16-9-7-6-8-10-16)13-22-15-11-19(2,3)24-20(4,5)12-15/h6-10,15,22,24H,11-13H2,1-5H3. The van der Waals surface area contributed by atoms with E-state index in [-0.39, 0.29) is 11.1 Å². The zero-order valence-electron chi connectivity index (χ0n) is 15.9. The molecule has 2 aromatic rings. The highest BCUT2D eigenvalue weighted by Crippen LogP contribution is 2.29. The first-order chi connectivity index (χ1) is 11.7. The Hall–Kier alpha value is -1.36. The van der Waals surface area contributed by atoms with Gasteiger partial charge in [-0.1, -0.05) is 29.8 Å². The zero-order valence-corrected chi connectivity index (χ0v) is 16.6. The molecule has 4 nitrogen and oxygen atoms in total. The summed E-state index contributed by atoms with van der Waals surface area (Å²) in [5.74, 6) is 0. The van der Waals surface area contributed by atoms with E-state index in [1.165, 1.54) is 0 Å². The number of rotatable bonds is 4. The summed E-state index contributed by atoms with van der Waals surface area (Å²) in [6.07, 6.45) is 2.19.